The van der Waals surface area contributed by atoms with E-state index < -0.39 is 4.92 Å². The first-order valence-corrected chi connectivity index (χ1v) is 4.90. The highest BCUT2D eigenvalue weighted by Crippen LogP contribution is 2.17. The molecule has 1 aromatic heterocycles. The molecule has 5 heteroatoms. The van der Waals surface area contributed by atoms with Gasteiger partial charge in [0.15, 0.2) is 0 Å². The highest BCUT2D eigenvalue weighted by molar-refractivity contribution is 5.38. The lowest BCUT2D eigenvalue weighted by molar-refractivity contribution is -0.385. The van der Waals surface area contributed by atoms with Crippen LogP contribution in [0.3, 0.4) is 0 Å². The summed E-state index contributed by atoms with van der Waals surface area (Å²) in [7, 11) is 0. The Bertz CT molecular complexity index is 366. The lowest BCUT2D eigenvalue weighted by Crippen LogP contribution is -2.22. The van der Waals surface area contributed by atoms with E-state index in [9.17, 15) is 10.1 Å². The van der Waals surface area contributed by atoms with E-state index >= 15 is 0 Å². The molecule has 15 heavy (non-hydrogen) atoms. The van der Waals surface area contributed by atoms with Crippen molar-refractivity contribution in [3.8, 4) is 0 Å². The van der Waals surface area contributed by atoms with Crippen LogP contribution in [-0.4, -0.2) is 15.9 Å². The van der Waals surface area contributed by atoms with Crippen molar-refractivity contribution < 1.29 is 4.92 Å². The zero-order valence-electron chi connectivity index (χ0n) is 8.93. The van der Waals surface area contributed by atoms with E-state index in [0.29, 0.717) is 17.7 Å². The maximum absolute atomic E-state index is 10.7. The molecule has 0 aliphatic heterocycles. The van der Waals surface area contributed by atoms with E-state index in [2.05, 4.69) is 4.98 Å². The Morgan fingerprint density at radius 3 is 2.87 bits per heavy atom. The van der Waals surface area contributed by atoms with Crippen LogP contribution >= 0.6 is 0 Å². The molecule has 1 rings (SSSR count). The minimum absolute atomic E-state index is 0.0137. The summed E-state index contributed by atoms with van der Waals surface area (Å²) in [5.74, 6) is 0. The van der Waals surface area contributed by atoms with Gasteiger partial charge in [-0.15, -0.1) is 0 Å². The van der Waals surface area contributed by atoms with Gasteiger partial charge in [0.1, 0.15) is 0 Å². The Labute approximate surface area is 88.5 Å². The van der Waals surface area contributed by atoms with E-state index in [1.807, 2.05) is 6.92 Å². The Morgan fingerprint density at radius 1 is 1.67 bits per heavy atom. The van der Waals surface area contributed by atoms with E-state index in [4.69, 9.17) is 5.73 Å². The number of pyridine rings is 1. The number of nitrogens with two attached hydrogens (primary N) is 1. The average molecular weight is 209 g/mol. The Morgan fingerprint density at radius 2 is 2.33 bits per heavy atom. The lowest BCUT2D eigenvalue weighted by Gasteiger charge is -2.07. The molecule has 0 amide bonds. The molecule has 5 nitrogen and oxygen atoms in total. The molecule has 82 valence electrons. The van der Waals surface area contributed by atoms with E-state index in [1.54, 1.807) is 6.92 Å². The first-order valence-electron chi connectivity index (χ1n) is 4.90. The molecule has 0 saturated carbocycles. The molecule has 0 radical (unpaired) electrons. The second kappa shape index (κ2) is 4.84. The minimum Gasteiger partial charge on any atom is -0.327 e. The van der Waals surface area contributed by atoms with Gasteiger partial charge in [0, 0.05) is 36.0 Å². The van der Waals surface area contributed by atoms with Crippen LogP contribution in [0.5, 0.6) is 0 Å². The minimum atomic E-state index is -0.391. The number of aryl methyl sites for hydroxylation is 1. The van der Waals surface area contributed by atoms with E-state index in [1.165, 1.54) is 12.3 Å². The van der Waals surface area contributed by atoms with Crippen LogP contribution in [0.2, 0.25) is 0 Å². The second-order valence-corrected chi connectivity index (χ2v) is 3.59. The summed E-state index contributed by atoms with van der Waals surface area (Å²) in [6.45, 7) is 3.65. The topological polar surface area (TPSA) is 82.0 Å². The maximum atomic E-state index is 10.7. The summed E-state index contributed by atoms with van der Waals surface area (Å²) >= 11 is 0. The van der Waals surface area contributed by atoms with Gasteiger partial charge < -0.3 is 5.73 Å². The van der Waals surface area contributed by atoms with Crippen LogP contribution < -0.4 is 5.73 Å². The quantitative estimate of drug-likeness (QED) is 0.602. The third kappa shape index (κ3) is 2.99. The van der Waals surface area contributed by atoms with Gasteiger partial charge in [-0.2, -0.15) is 0 Å². The Hall–Kier alpha value is -1.49. The number of rotatable bonds is 4. The van der Waals surface area contributed by atoms with Gasteiger partial charge in [0.2, 0.25) is 0 Å². The average Bonchev–Trinajstić information content (AvgIpc) is 2.20. The van der Waals surface area contributed by atoms with Gasteiger partial charge in [0.05, 0.1) is 4.92 Å². The number of nitro groups is 1. The molecule has 2 N–H and O–H groups in total. The molecule has 0 bridgehead atoms. The smallest absolute Gasteiger partial charge is 0.275 e. The highest BCUT2D eigenvalue weighted by Gasteiger charge is 2.13. The van der Waals surface area contributed by atoms with Crippen molar-refractivity contribution in [2.75, 3.05) is 0 Å². The number of aromatic nitrogens is 1. The normalized spacial score (nSPS) is 12.5. The van der Waals surface area contributed by atoms with Gasteiger partial charge in [0.25, 0.3) is 5.69 Å². The summed E-state index contributed by atoms with van der Waals surface area (Å²) < 4.78 is 0. The van der Waals surface area contributed by atoms with E-state index in [-0.39, 0.29) is 11.7 Å². The molecule has 1 heterocycles. The van der Waals surface area contributed by atoms with Gasteiger partial charge in [-0.1, -0.05) is 6.92 Å². The molecule has 0 aliphatic rings. The molecule has 0 aromatic carbocycles. The maximum Gasteiger partial charge on any atom is 0.275 e. The summed E-state index contributed by atoms with van der Waals surface area (Å²) in [5.41, 5.74) is 7.13. The van der Waals surface area contributed by atoms with Crippen LogP contribution in [0.25, 0.3) is 0 Å². The van der Waals surface area contributed by atoms with Crippen molar-refractivity contribution in [2.24, 2.45) is 5.73 Å². The molecule has 0 fully saturated rings. The van der Waals surface area contributed by atoms with Crippen LogP contribution in [0, 0.1) is 17.0 Å². The van der Waals surface area contributed by atoms with Gasteiger partial charge >= 0.3 is 0 Å². The Balaban J connectivity index is 2.92. The van der Waals surface area contributed by atoms with Gasteiger partial charge in [-0.25, -0.2) is 0 Å². The largest absolute Gasteiger partial charge is 0.327 e. The molecular formula is C10H15N3O2. The van der Waals surface area contributed by atoms with Crippen molar-refractivity contribution in [2.45, 2.75) is 32.7 Å². The third-order valence-electron chi connectivity index (χ3n) is 2.32. The van der Waals surface area contributed by atoms with Crippen LogP contribution in [-0.2, 0) is 6.42 Å². The van der Waals surface area contributed by atoms with Crippen molar-refractivity contribution in [1.82, 2.24) is 4.98 Å². The Kier molecular flexibility index (Phi) is 3.74. The van der Waals surface area contributed by atoms with Crippen molar-refractivity contribution in [3.63, 3.8) is 0 Å². The van der Waals surface area contributed by atoms with Crippen molar-refractivity contribution in [3.05, 3.63) is 33.6 Å². The van der Waals surface area contributed by atoms with Gasteiger partial charge in [-0.05, 0) is 13.3 Å². The monoisotopic (exact) mass is 209 g/mol. The number of hydrogen-bond acceptors (Lipinski definition) is 4. The summed E-state index contributed by atoms with van der Waals surface area (Å²) in [6, 6.07) is 1.52. The zero-order valence-corrected chi connectivity index (χ0v) is 8.93. The molecule has 0 aliphatic carbocycles. The molecular weight excluding hydrogens is 194 g/mol. The number of nitrogens with zero attached hydrogens (tertiary/aromatic N) is 2. The van der Waals surface area contributed by atoms with Crippen molar-refractivity contribution >= 4 is 5.69 Å². The predicted molar refractivity (Wildman–Crippen MR) is 57.6 cm³/mol. The molecule has 1 atom stereocenters. The standard InChI is InChI=1S/C10H15N3O2/c1-3-8(11)4-9-5-10(13(14)15)7(2)6-12-9/h5-6,8H,3-4,11H2,1-2H3. The third-order valence-corrected chi connectivity index (χ3v) is 2.32. The lowest BCUT2D eigenvalue weighted by atomic mass is 10.1. The second-order valence-electron chi connectivity index (χ2n) is 3.59. The first-order chi connectivity index (χ1) is 7.04. The van der Waals surface area contributed by atoms with Crippen LogP contribution in [0.4, 0.5) is 5.69 Å². The zero-order chi connectivity index (χ0) is 11.4. The summed E-state index contributed by atoms with van der Waals surface area (Å²) in [6.07, 6.45) is 2.94. The molecule has 1 unspecified atom stereocenters. The van der Waals surface area contributed by atoms with Crippen LogP contribution in [0.15, 0.2) is 12.3 Å². The highest BCUT2D eigenvalue weighted by atomic mass is 16.6. The van der Waals surface area contributed by atoms with Gasteiger partial charge in [-0.3, -0.25) is 15.1 Å². The van der Waals surface area contributed by atoms with E-state index in [0.717, 1.165) is 6.42 Å². The first kappa shape index (κ1) is 11.6. The fraction of sp³-hybridized carbons (Fsp3) is 0.500. The fourth-order valence-corrected chi connectivity index (χ4v) is 1.28. The summed E-state index contributed by atoms with van der Waals surface area (Å²) in [4.78, 5) is 14.4. The molecule has 1 aromatic rings. The predicted octanol–water partition coefficient (Wildman–Crippen LogP) is 1.58. The van der Waals surface area contributed by atoms with Crippen LogP contribution in [0.1, 0.15) is 24.6 Å². The number of hydrogen-bond donors (Lipinski definition) is 1. The molecule has 0 spiro atoms. The van der Waals surface area contributed by atoms with Crippen molar-refractivity contribution in [1.29, 1.82) is 0 Å². The fourth-order valence-electron chi connectivity index (χ4n) is 1.28. The molecule has 0 saturated heterocycles. The SMILES string of the molecule is CCC(N)Cc1cc([N+](=O)[O-])c(C)cn1. The summed E-state index contributed by atoms with van der Waals surface area (Å²) in [5, 5.41) is 10.7.